The van der Waals surface area contributed by atoms with Gasteiger partial charge in [-0.25, -0.2) is 0 Å². The molecule has 1 aromatic rings. The van der Waals surface area contributed by atoms with Crippen LogP contribution in [0.5, 0.6) is 5.75 Å². The van der Waals surface area contributed by atoms with Crippen molar-refractivity contribution in [3.05, 3.63) is 29.3 Å². The maximum absolute atomic E-state index is 6.02. The fourth-order valence-electron chi connectivity index (χ4n) is 2.23. The van der Waals surface area contributed by atoms with Crippen LogP contribution >= 0.6 is 12.4 Å². The van der Waals surface area contributed by atoms with Crippen LogP contribution in [0.25, 0.3) is 0 Å². The summed E-state index contributed by atoms with van der Waals surface area (Å²) in [5.41, 5.74) is 2.92. The molecule has 2 nitrogen and oxygen atoms in total. The average Bonchev–Trinajstić information content (AvgIpc) is 2.32. The Kier molecular flexibility index (Phi) is 8.49. The van der Waals surface area contributed by atoms with Crippen LogP contribution in [0.3, 0.4) is 0 Å². The van der Waals surface area contributed by atoms with Gasteiger partial charge in [0, 0.05) is 5.54 Å². The lowest BCUT2D eigenvalue weighted by atomic mass is 9.85. The Morgan fingerprint density at radius 3 is 2.18 bits per heavy atom. The van der Waals surface area contributed by atoms with Crippen LogP contribution in [0.15, 0.2) is 18.2 Å². The van der Waals surface area contributed by atoms with E-state index in [1.807, 2.05) is 0 Å². The summed E-state index contributed by atoms with van der Waals surface area (Å²) in [7, 11) is 0. The number of hydrogen-bond donors (Lipinski definition) is 1. The quantitative estimate of drug-likeness (QED) is 0.719. The highest BCUT2D eigenvalue weighted by Crippen LogP contribution is 2.32. The molecule has 0 heterocycles. The molecule has 128 valence electrons. The summed E-state index contributed by atoms with van der Waals surface area (Å²) in [5.74, 6) is 1.04. The molecule has 0 aliphatic carbocycles. The SMILES string of the molecule is Cc1ccc(OCCCCNC(C)(C)C)c(C(C)(C)C)c1.Cl. The highest BCUT2D eigenvalue weighted by Gasteiger charge is 2.19. The summed E-state index contributed by atoms with van der Waals surface area (Å²) < 4.78 is 6.02. The maximum atomic E-state index is 6.02. The van der Waals surface area contributed by atoms with Crippen LogP contribution in [0.1, 0.15) is 65.5 Å². The maximum Gasteiger partial charge on any atom is 0.123 e. The predicted octanol–water partition coefficient (Wildman–Crippen LogP) is 5.26. The largest absolute Gasteiger partial charge is 0.493 e. The summed E-state index contributed by atoms with van der Waals surface area (Å²) in [4.78, 5) is 0. The van der Waals surface area contributed by atoms with Gasteiger partial charge in [0.05, 0.1) is 6.61 Å². The third-order valence-electron chi connectivity index (χ3n) is 3.43. The first-order chi connectivity index (χ1) is 9.59. The number of aryl methyl sites for hydroxylation is 1. The molecule has 1 N–H and O–H groups in total. The number of unbranched alkanes of at least 4 members (excludes halogenated alkanes) is 1. The lowest BCUT2D eigenvalue weighted by molar-refractivity contribution is 0.294. The molecule has 0 fully saturated rings. The highest BCUT2D eigenvalue weighted by molar-refractivity contribution is 5.85. The van der Waals surface area contributed by atoms with E-state index in [1.54, 1.807) is 0 Å². The minimum Gasteiger partial charge on any atom is -0.493 e. The van der Waals surface area contributed by atoms with E-state index in [0.29, 0.717) is 0 Å². The van der Waals surface area contributed by atoms with Crippen molar-refractivity contribution in [1.82, 2.24) is 5.32 Å². The number of ether oxygens (including phenoxy) is 1. The highest BCUT2D eigenvalue weighted by atomic mass is 35.5. The zero-order valence-electron chi connectivity index (χ0n) is 15.4. The van der Waals surface area contributed by atoms with Gasteiger partial charge >= 0.3 is 0 Å². The zero-order chi connectivity index (χ0) is 16.1. The standard InChI is InChI=1S/C19H33NO.ClH/c1-15-10-11-17(16(14-15)18(2,3)4)21-13-9-8-12-20-19(5,6)7;/h10-11,14,20H,8-9,12-13H2,1-7H3;1H. The topological polar surface area (TPSA) is 21.3 Å². The minimum atomic E-state index is 0. The second-order valence-electron chi connectivity index (χ2n) is 7.98. The van der Waals surface area contributed by atoms with Crippen molar-refractivity contribution in [2.45, 2.75) is 72.3 Å². The molecule has 0 radical (unpaired) electrons. The molecule has 0 saturated heterocycles. The van der Waals surface area contributed by atoms with Crippen molar-refractivity contribution in [2.24, 2.45) is 0 Å². The molecule has 0 atom stereocenters. The average molecular weight is 328 g/mol. The van der Waals surface area contributed by atoms with Crippen LogP contribution in [-0.4, -0.2) is 18.7 Å². The van der Waals surface area contributed by atoms with Gasteiger partial charge in [0.2, 0.25) is 0 Å². The fraction of sp³-hybridized carbons (Fsp3) is 0.684. The third kappa shape index (κ3) is 8.05. The van der Waals surface area contributed by atoms with E-state index < -0.39 is 0 Å². The Bertz CT molecular complexity index is 444. The Balaban J connectivity index is 0.00000441. The van der Waals surface area contributed by atoms with Crippen molar-refractivity contribution in [1.29, 1.82) is 0 Å². The van der Waals surface area contributed by atoms with Gasteiger partial charge in [-0.3, -0.25) is 0 Å². The van der Waals surface area contributed by atoms with Crippen molar-refractivity contribution in [2.75, 3.05) is 13.2 Å². The van der Waals surface area contributed by atoms with E-state index in [4.69, 9.17) is 4.74 Å². The molecular weight excluding hydrogens is 294 g/mol. The zero-order valence-corrected chi connectivity index (χ0v) is 16.2. The minimum absolute atomic E-state index is 0. The van der Waals surface area contributed by atoms with Crippen molar-refractivity contribution in [3.63, 3.8) is 0 Å². The van der Waals surface area contributed by atoms with Crippen LogP contribution in [0, 0.1) is 6.92 Å². The molecule has 0 spiro atoms. The Labute approximate surface area is 143 Å². The van der Waals surface area contributed by atoms with Gasteiger partial charge in [-0.2, -0.15) is 0 Å². The molecule has 0 aliphatic heterocycles. The van der Waals surface area contributed by atoms with E-state index in [1.165, 1.54) is 11.1 Å². The van der Waals surface area contributed by atoms with Crippen LogP contribution in [-0.2, 0) is 5.41 Å². The second kappa shape index (κ2) is 8.79. The summed E-state index contributed by atoms with van der Waals surface area (Å²) in [5, 5.41) is 3.51. The molecule has 0 amide bonds. The Morgan fingerprint density at radius 2 is 1.64 bits per heavy atom. The second-order valence-corrected chi connectivity index (χ2v) is 7.98. The predicted molar refractivity (Wildman–Crippen MR) is 99.6 cm³/mol. The molecule has 0 aromatic heterocycles. The van der Waals surface area contributed by atoms with Gasteiger partial charge in [-0.1, -0.05) is 38.5 Å². The normalized spacial score (nSPS) is 12.0. The van der Waals surface area contributed by atoms with Gasteiger partial charge in [-0.05, 0) is 64.1 Å². The summed E-state index contributed by atoms with van der Waals surface area (Å²) in [6.45, 7) is 17.3. The number of hydrogen-bond acceptors (Lipinski definition) is 2. The van der Waals surface area contributed by atoms with Crippen LogP contribution in [0.4, 0.5) is 0 Å². The number of rotatable bonds is 6. The van der Waals surface area contributed by atoms with Crippen molar-refractivity contribution >= 4 is 12.4 Å². The van der Waals surface area contributed by atoms with Gasteiger partial charge in [0.1, 0.15) is 5.75 Å². The fourth-order valence-corrected chi connectivity index (χ4v) is 2.23. The van der Waals surface area contributed by atoms with E-state index >= 15 is 0 Å². The van der Waals surface area contributed by atoms with Gasteiger partial charge in [0.25, 0.3) is 0 Å². The lowest BCUT2D eigenvalue weighted by Crippen LogP contribution is -2.36. The molecule has 0 bridgehead atoms. The van der Waals surface area contributed by atoms with E-state index in [0.717, 1.165) is 31.7 Å². The molecule has 3 heteroatoms. The van der Waals surface area contributed by atoms with Crippen LogP contribution < -0.4 is 10.1 Å². The summed E-state index contributed by atoms with van der Waals surface area (Å²) >= 11 is 0. The molecule has 1 rings (SSSR count). The van der Waals surface area contributed by atoms with Gasteiger partial charge < -0.3 is 10.1 Å². The smallest absolute Gasteiger partial charge is 0.123 e. The number of nitrogens with one attached hydrogen (secondary N) is 1. The Morgan fingerprint density at radius 1 is 1.00 bits per heavy atom. The summed E-state index contributed by atoms with van der Waals surface area (Å²) in [6, 6.07) is 6.49. The van der Waals surface area contributed by atoms with Crippen molar-refractivity contribution < 1.29 is 4.74 Å². The van der Waals surface area contributed by atoms with E-state index in [-0.39, 0.29) is 23.4 Å². The molecular formula is C19H34ClNO. The van der Waals surface area contributed by atoms with Gasteiger partial charge in [0.15, 0.2) is 0 Å². The van der Waals surface area contributed by atoms with E-state index in [9.17, 15) is 0 Å². The van der Waals surface area contributed by atoms with E-state index in [2.05, 4.69) is 72.0 Å². The van der Waals surface area contributed by atoms with Crippen molar-refractivity contribution in [3.8, 4) is 5.75 Å². The molecule has 22 heavy (non-hydrogen) atoms. The molecule has 0 aliphatic rings. The Hall–Kier alpha value is -0.730. The lowest BCUT2D eigenvalue weighted by Gasteiger charge is -2.23. The molecule has 1 aromatic carbocycles. The molecule has 0 saturated carbocycles. The van der Waals surface area contributed by atoms with Gasteiger partial charge in [-0.15, -0.1) is 12.4 Å². The summed E-state index contributed by atoms with van der Waals surface area (Å²) in [6.07, 6.45) is 2.23. The monoisotopic (exact) mass is 327 g/mol. The molecule has 0 unspecified atom stereocenters. The number of benzene rings is 1. The third-order valence-corrected chi connectivity index (χ3v) is 3.43. The first-order valence-electron chi connectivity index (χ1n) is 8.08. The number of halogens is 1. The first kappa shape index (κ1) is 21.3. The van der Waals surface area contributed by atoms with Crippen LogP contribution in [0.2, 0.25) is 0 Å². The first-order valence-corrected chi connectivity index (χ1v) is 8.08.